The predicted octanol–water partition coefficient (Wildman–Crippen LogP) is 2.40. The Hall–Kier alpha value is -2.43. The molecule has 5 nitrogen and oxygen atoms in total. The van der Waals surface area contributed by atoms with Crippen LogP contribution in [-0.2, 0) is 11.2 Å². The van der Waals surface area contributed by atoms with Crippen molar-refractivity contribution < 1.29 is 4.79 Å². The topological polar surface area (TPSA) is 66.9 Å². The van der Waals surface area contributed by atoms with Crippen LogP contribution in [0.1, 0.15) is 29.8 Å². The lowest BCUT2D eigenvalue weighted by Gasteiger charge is -2.19. The third-order valence-electron chi connectivity index (χ3n) is 3.81. The summed E-state index contributed by atoms with van der Waals surface area (Å²) in [5, 5.41) is 6.27. The number of rotatable bonds is 6. The van der Waals surface area contributed by atoms with Crippen LogP contribution in [0.25, 0.3) is 0 Å². The molecule has 3 rings (SSSR count). The standard InChI is InChI=1S/C18H22N4O/c1-12-10-13(2)20-18(19-12)22-16(17(23)21-15-8-9-15)11-14-6-4-3-5-7-14/h3-7,10,15-16H,8-9,11H2,1-2H3,(H,21,23)(H,19,20,22)/t16-/m1/s1. The largest absolute Gasteiger partial charge is 0.352 e. The highest BCUT2D eigenvalue weighted by molar-refractivity contribution is 5.85. The number of aromatic nitrogens is 2. The van der Waals surface area contributed by atoms with Gasteiger partial charge in [-0.25, -0.2) is 9.97 Å². The van der Waals surface area contributed by atoms with Crippen LogP contribution in [0, 0.1) is 13.8 Å². The molecule has 5 heteroatoms. The minimum absolute atomic E-state index is 0.0131. The highest BCUT2D eigenvalue weighted by atomic mass is 16.2. The second kappa shape index (κ2) is 6.77. The first-order chi connectivity index (χ1) is 11.1. The molecule has 1 aromatic heterocycles. The zero-order chi connectivity index (χ0) is 16.2. The molecule has 0 spiro atoms. The molecule has 1 aliphatic rings. The smallest absolute Gasteiger partial charge is 0.243 e. The van der Waals surface area contributed by atoms with Gasteiger partial charge in [-0.2, -0.15) is 0 Å². The number of nitrogens with zero attached hydrogens (tertiary/aromatic N) is 2. The Balaban J connectivity index is 1.77. The van der Waals surface area contributed by atoms with E-state index in [9.17, 15) is 4.79 Å². The number of nitrogens with one attached hydrogen (secondary N) is 2. The van der Waals surface area contributed by atoms with E-state index in [1.807, 2.05) is 50.2 Å². The molecule has 0 bridgehead atoms. The van der Waals surface area contributed by atoms with Gasteiger partial charge in [-0.3, -0.25) is 4.79 Å². The van der Waals surface area contributed by atoms with Crippen molar-refractivity contribution in [3.05, 3.63) is 53.3 Å². The Morgan fingerprint density at radius 1 is 1.17 bits per heavy atom. The molecule has 1 saturated carbocycles. The number of aryl methyl sites for hydroxylation is 2. The van der Waals surface area contributed by atoms with E-state index >= 15 is 0 Å². The van der Waals surface area contributed by atoms with Crippen molar-refractivity contribution in [2.75, 3.05) is 5.32 Å². The van der Waals surface area contributed by atoms with E-state index in [1.165, 1.54) is 0 Å². The summed E-state index contributed by atoms with van der Waals surface area (Å²) in [4.78, 5) is 21.3. The SMILES string of the molecule is Cc1cc(C)nc(N[C@H](Cc2ccccc2)C(=O)NC2CC2)n1. The lowest BCUT2D eigenvalue weighted by atomic mass is 10.1. The number of benzene rings is 1. The molecule has 120 valence electrons. The predicted molar refractivity (Wildman–Crippen MR) is 90.2 cm³/mol. The van der Waals surface area contributed by atoms with Gasteiger partial charge in [0.15, 0.2) is 0 Å². The van der Waals surface area contributed by atoms with E-state index in [-0.39, 0.29) is 11.9 Å². The molecule has 23 heavy (non-hydrogen) atoms. The molecule has 1 fully saturated rings. The number of amides is 1. The molecule has 1 heterocycles. The third-order valence-corrected chi connectivity index (χ3v) is 3.81. The fourth-order valence-electron chi connectivity index (χ4n) is 2.53. The molecule has 1 aromatic carbocycles. The molecule has 1 atom stereocenters. The molecule has 2 N–H and O–H groups in total. The number of carbonyl (C=O) groups excluding carboxylic acids is 1. The van der Waals surface area contributed by atoms with Crippen LogP contribution in [0.4, 0.5) is 5.95 Å². The molecule has 1 aliphatic carbocycles. The van der Waals surface area contributed by atoms with Crippen molar-refractivity contribution in [1.82, 2.24) is 15.3 Å². The fourth-order valence-corrected chi connectivity index (χ4v) is 2.53. The Morgan fingerprint density at radius 3 is 2.43 bits per heavy atom. The van der Waals surface area contributed by atoms with Crippen molar-refractivity contribution in [2.24, 2.45) is 0 Å². The van der Waals surface area contributed by atoms with Crippen molar-refractivity contribution in [2.45, 2.75) is 45.2 Å². The van der Waals surface area contributed by atoms with Crippen LogP contribution in [0.3, 0.4) is 0 Å². The minimum Gasteiger partial charge on any atom is -0.352 e. The van der Waals surface area contributed by atoms with Crippen LogP contribution in [0.5, 0.6) is 0 Å². The summed E-state index contributed by atoms with van der Waals surface area (Å²) in [5.41, 5.74) is 2.89. The van der Waals surface area contributed by atoms with Crippen molar-refractivity contribution in [3.8, 4) is 0 Å². The number of hydrogen-bond acceptors (Lipinski definition) is 4. The highest BCUT2D eigenvalue weighted by Crippen LogP contribution is 2.19. The van der Waals surface area contributed by atoms with Gasteiger partial charge in [0.25, 0.3) is 0 Å². The van der Waals surface area contributed by atoms with Crippen LogP contribution < -0.4 is 10.6 Å². The zero-order valence-electron chi connectivity index (χ0n) is 13.5. The Morgan fingerprint density at radius 2 is 1.83 bits per heavy atom. The van der Waals surface area contributed by atoms with E-state index in [0.717, 1.165) is 29.8 Å². The van der Waals surface area contributed by atoms with Gasteiger partial charge < -0.3 is 10.6 Å². The van der Waals surface area contributed by atoms with E-state index < -0.39 is 0 Å². The second-order valence-corrected chi connectivity index (χ2v) is 6.14. The van der Waals surface area contributed by atoms with Gasteiger partial charge in [-0.15, -0.1) is 0 Å². The Bertz CT molecular complexity index is 662. The van der Waals surface area contributed by atoms with E-state index in [1.54, 1.807) is 0 Å². The highest BCUT2D eigenvalue weighted by Gasteiger charge is 2.28. The van der Waals surface area contributed by atoms with Crippen molar-refractivity contribution >= 4 is 11.9 Å². The maximum Gasteiger partial charge on any atom is 0.243 e. The van der Waals surface area contributed by atoms with Crippen molar-refractivity contribution in [3.63, 3.8) is 0 Å². The summed E-state index contributed by atoms with van der Waals surface area (Å²) in [5.74, 6) is 0.522. The van der Waals surface area contributed by atoms with Gasteiger partial charge in [0.05, 0.1) is 0 Å². The van der Waals surface area contributed by atoms with Gasteiger partial charge in [0.1, 0.15) is 6.04 Å². The molecule has 0 saturated heterocycles. The van der Waals surface area contributed by atoms with E-state index in [0.29, 0.717) is 18.4 Å². The maximum atomic E-state index is 12.5. The average Bonchev–Trinajstić information content (AvgIpc) is 3.30. The lowest BCUT2D eigenvalue weighted by molar-refractivity contribution is -0.122. The van der Waals surface area contributed by atoms with Crippen LogP contribution in [0.15, 0.2) is 36.4 Å². The van der Waals surface area contributed by atoms with E-state index in [4.69, 9.17) is 0 Å². The Kier molecular flexibility index (Phi) is 4.55. The molecule has 0 unspecified atom stereocenters. The summed E-state index contributed by atoms with van der Waals surface area (Å²) < 4.78 is 0. The minimum atomic E-state index is -0.376. The molecule has 0 aliphatic heterocycles. The Labute approximate surface area is 136 Å². The summed E-state index contributed by atoms with van der Waals surface area (Å²) in [6.45, 7) is 3.85. The third kappa shape index (κ3) is 4.52. The second-order valence-electron chi connectivity index (χ2n) is 6.14. The first-order valence-corrected chi connectivity index (χ1v) is 8.03. The number of anilines is 1. The van der Waals surface area contributed by atoms with Gasteiger partial charge in [-0.1, -0.05) is 30.3 Å². The van der Waals surface area contributed by atoms with Gasteiger partial charge >= 0.3 is 0 Å². The van der Waals surface area contributed by atoms with E-state index in [2.05, 4.69) is 20.6 Å². The summed E-state index contributed by atoms with van der Waals surface area (Å²) in [6, 6.07) is 11.9. The summed E-state index contributed by atoms with van der Waals surface area (Å²) >= 11 is 0. The molecule has 2 aromatic rings. The van der Waals surface area contributed by atoms with Gasteiger partial charge in [0.2, 0.25) is 11.9 Å². The summed E-state index contributed by atoms with van der Waals surface area (Å²) in [6.07, 6.45) is 2.75. The van der Waals surface area contributed by atoms with Gasteiger partial charge in [0, 0.05) is 23.9 Å². The zero-order valence-corrected chi connectivity index (χ0v) is 13.5. The molecule has 1 amide bonds. The number of carbonyl (C=O) groups is 1. The molecule has 0 radical (unpaired) electrons. The maximum absolute atomic E-state index is 12.5. The first kappa shape index (κ1) is 15.5. The van der Waals surface area contributed by atoms with Crippen molar-refractivity contribution in [1.29, 1.82) is 0 Å². The van der Waals surface area contributed by atoms with Crippen LogP contribution >= 0.6 is 0 Å². The first-order valence-electron chi connectivity index (χ1n) is 8.03. The van der Waals surface area contributed by atoms with Crippen LogP contribution in [0.2, 0.25) is 0 Å². The normalized spacial score (nSPS) is 15.0. The number of hydrogen-bond donors (Lipinski definition) is 2. The quantitative estimate of drug-likeness (QED) is 0.860. The fraction of sp³-hybridized carbons (Fsp3) is 0.389. The van der Waals surface area contributed by atoms with Gasteiger partial charge in [-0.05, 0) is 38.3 Å². The summed E-state index contributed by atoms with van der Waals surface area (Å²) in [7, 11) is 0. The average molecular weight is 310 g/mol. The van der Waals surface area contributed by atoms with Crippen LogP contribution in [-0.4, -0.2) is 28.0 Å². The monoisotopic (exact) mass is 310 g/mol. The molecular formula is C18H22N4O. The molecular weight excluding hydrogens is 288 g/mol. The lowest BCUT2D eigenvalue weighted by Crippen LogP contribution is -2.42.